The van der Waals surface area contributed by atoms with E-state index < -0.39 is 12.2 Å². The minimum absolute atomic E-state index is 0.255. The van der Waals surface area contributed by atoms with Crippen molar-refractivity contribution >= 4 is 12.2 Å². The van der Waals surface area contributed by atoms with Crippen molar-refractivity contribution in [2.45, 2.75) is 13.2 Å². The van der Waals surface area contributed by atoms with Gasteiger partial charge in [-0.3, -0.25) is 0 Å². The number of hydrogen-bond donors (Lipinski definition) is 3. The molecule has 2 aromatic rings. The molecule has 0 radical (unpaired) electrons. The lowest BCUT2D eigenvalue weighted by Gasteiger charge is -2.08. The molecule has 2 amide bonds. The number of carbonyl (C=O) groups is 2. The number of alkyl carbamates (subject to hydrolysis) is 2. The topological polar surface area (TPSA) is 93.3 Å². The van der Waals surface area contributed by atoms with Crippen molar-refractivity contribution < 1.29 is 24.4 Å². The molecule has 2 aromatic carbocycles. The van der Waals surface area contributed by atoms with Crippen molar-refractivity contribution in [1.82, 2.24) is 10.6 Å². The highest BCUT2D eigenvalue weighted by molar-refractivity contribution is 5.67. The zero-order valence-corrected chi connectivity index (χ0v) is 15.2. The minimum atomic E-state index is -0.435. The number of nitrogens with one attached hydrogen (secondary N) is 2. The van der Waals surface area contributed by atoms with Gasteiger partial charge in [-0.25, -0.2) is 9.59 Å². The van der Waals surface area contributed by atoms with Crippen LogP contribution in [0.3, 0.4) is 0 Å². The number of rotatable bonds is 10. The van der Waals surface area contributed by atoms with Crippen molar-refractivity contribution in [2.75, 3.05) is 26.2 Å². The van der Waals surface area contributed by atoms with Crippen LogP contribution in [0.2, 0.25) is 0 Å². The molecule has 4 N–H and O–H groups in total. The van der Waals surface area contributed by atoms with Crippen molar-refractivity contribution in [3.05, 3.63) is 71.8 Å². The predicted octanol–water partition coefficient (Wildman–Crippen LogP) is 1.40. The molecule has 0 saturated carbocycles. The van der Waals surface area contributed by atoms with Crippen LogP contribution in [0.5, 0.6) is 0 Å². The van der Waals surface area contributed by atoms with E-state index in [9.17, 15) is 9.59 Å². The van der Waals surface area contributed by atoms with Crippen molar-refractivity contribution in [2.24, 2.45) is 0 Å². The summed E-state index contributed by atoms with van der Waals surface area (Å²) in [6.07, 6.45) is -0.871. The van der Waals surface area contributed by atoms with E-state index in [1.807, 2.05) is 66.0 Å². The molecule has 0 aromatic heterocycles. The van der Waals surface area contributed by atoms with Crippen LogP contribution < -0.4 is 16.0 Å². The minimum Gasteiger partial charge on any atom is -0.445 e. The predicted molar refractivity (Wildman–Crippen MR) is 101 cm³/mol. The second kappa shape index (κ2) is 12.3. The summed E-state index contributed by atoms with van der Waals surface area (Å²) in [6.45, 7) is 2.89. The fourth-order valence-electron chi connectivity index (χ4n) is 2.25. The monoisotopic (exact) mass is 372 g/mol. The molecular weight excluding hydrogens is 346 g/mol. The first-order chi connectivity index (χ1) is 13.2. The lowest BCUT2D eigenvalue weighted by atomic mass is 10.2. The molecule has 0 heterocycles. The molecule has 144 valence electrons. The van der Waals surface area contributed by atoms with E-state index in [4.69, 9.17) is 9.47 Å². The summed E-state index contributed by atoms with van der Waals surface area (Å²) in [4.78, 5) is 23.1. The molecule has 7 heteroatoms. The number of carbonyl (C=O) groups excluding carboxylic acids is 2. The highest BCUT2D eigenvalue weighted by atomic mass is 16.6. The summed E-state index contributed by atoms with van der Waals surface area (Å²) in [7, 11) is 0. The molecule has 0 aliphatic rings. The molecule has 0 aliphatic carbocycles. The Kier molecular flexibility index (Phi) is 9.24. The van der Waals surface area contributed by atoms with E-state index >= 15 is 0 Å². The summed E-state index contributed by atoms with van der Waals surface area (Å²) >= 11 is 0. The number of hydrogen-bond acceptors (Lipinski definition) is 4. The molecular formula is C20H26N3O4+. The number of amides is 2. The van der Waals surface area contributed by atoms with Gasteiger partial charge in [-0.05, 0) is 11.1 Å². The molecule has 0 unspecified atom stereocenters. The second-order valence-electron chi connectivity index (χ2n) is 5.84. The Morgan fingerprint density at radius 2 is 1.11 bits per heavy atom. The van der Waals surface area contributed by atoms with Gasteiger partial charge in [0, 0.05) is 0 Å². The first-order valence-corrected chi connectivity index (χ1v) is 8.95. The second-order valence-corrected chi connectivity index (χ2v) is 5.84. The van der Waals surface area contributed by atoms with E-state index in [0.29, 0.717) is 26.2 Å². The van der Waals surface area contributed by atoms with E-state index in [1.165, 1.54) is 0 Å². The quantitative estimate of drug-likeness (QED) is 0.550. The Balaban J connectivity index is 1.41. The molecule has 0 fully saturated rings. The van der Waals surface area contributed by atoms with E-state index in [1.54, 1.807) is 0 Å². The Hall–Kier alpha value is -3.06. The Labute approximate surface area is 159 Å². The van der Waals surface area contributed by atoms with Gasteiger partial charge in [-0.2, -0.15) is 0 Å². The molecule has 2 rings (SSSR count). The highest BCUT2D eigenvalue weighted by Gasteiger charge is 2.04. The fraction of sp³-hybridized carbons (Fsp3) is 0.300. The Morgan fingerprint density at radius 3 is 1.52 bits per heavy atom. The van der Waals surface area contributed by atoms with Gasteiger partial charge in [0.25, 0.3) is 0 Å². The average molecular weight is 372 g/mol. The summed E-state index contributed by atoms with van der Waals surface area (Å²) in [5.41, 5.74) is 1.90. The van der Waals surface area contributed by atoms with Crippen LogP contribution in [0, 0.1) is 0 Å². The van der Waals surface area contributed by atoms with Crippen LogP contribution in [0.4, 0.5) is 9.59 Å². The summed E-state index contributed by atoms with van der Waals surface area (Å²) < 4.78 is 10.2. The molecule has 0 saturated heterocycles. The Morgan fingerprint density at radius 1 is 0.704 bits per heavy atom. The smallest absolute Gasteiger partial charge is 0.407 e. The van der Waals surface area contributed by atoms with Crippen LogP contribution in [-0.4, -0.2) is 38.4 Å². The molecule has 0 atom stereocenters. The van der Waals surface area contributed by atoms with Crippen LogP contribution in [0.15, 0.2) is 60.7 Å². The summed E-state index contributed by atoms with van der Waals surface area (Å²) in [5, 5.41) is 7.37. The summed E-state index contributed by atoms with van der Waals surface area (Å²) in [5.74, 6) is 0. The van der Waals surface area contributed by atoms with Gasteiger partial charge in [-0.15, -0.1) is 0 Å². The molecule has 0 spiro atoms. The zero-order valence-electron chi connectivity index (χ0n) is 15.2. The first-order valence-electron chi connectivity index (χ1n) is 8.95. The first kappa shape index (κ1) is 20.3. The SMILES string of the molecule is O=C(NCC[NH2+]CCNC(=O)OCc1ccccc1)OCc1ccccc1. The van der Waals surface area contributed by atoms with Crippen molar-refractivity contribution in [3.63, 3.8) is 0 Å². The number of ether oxygens (including phenoxy) is 2. The van der Waals surface area contributed by atoms with E-state index in [0.717, 1.165) is 11.1 Å². The third-order valence-electron chi connectivity index (χ3n) is 3.66. The van der Waals surface area contributed by atoms with E-state index in [-0.39, 0.29) is 13.2 Å². The Bertz CT molecular complexity index is 621. The van der Waals surface area contributed by atoms with Gasteiger partial charge in [0.05, 0.1) is 26.2 Å². The van der Waals surface area contributed by atoms with Crippen LogP contribution in [-0.2, 0) is 22.7 Å². The maximum absolute atomic E-state index is 11.6. The zero-order chi connectivity index (χ0) is 19.2. The van der Waals surface area contributed by atoms with Crippen LogP contribution in [0.25, 0.3) is 0 Å². The number of benzene rings is 2. The molecule has 27 heavy (non-hydrogen) atoms. The maximum atomic E-state index is 11.6. The normalized spacial score (nSPS) is 10.1. The average Bonchev–Trinajstić information content (AvgIpc) is 2.71. The van der Waals surface area contributed by atoms with Gasteiger partial charge in [0.2, 0.25) is 0 Å². The van der Waals surface area contributed by atoms with Crippen LogP contribution in [0.1, 0.15) is 11.1 Å². The number of nitrogens with two attached hydrogens (primary N) is 1. The molecule has 7 nitrogen and oxygen atoms in total. The van der Waals surface area contributed by atoms with Gasteiger partial charge in [-0.1, -0.05) is 60.7 Å². The van der Waals surface area contributed by atoms with Crippen LogP contribution >= 0.6 is 0 Å². The lowest BCUT2D eigenvalue weighted by Crippen LogP contribution is -2.87. The standard InChI is InChI=1S/C20H25N3O4/c24-19(26-15-17-7-3-1-4-8-17)22-13-11-21-12-14-23-20(25)27-16-18-9-5-2-6-10-18/h1-10,21H,11-16H2,(H,22,24)(H,23,25)/p+1. The lowest BCUT2D eigenvalue weighted by molar-refractivity contribution is -0.651. The van der Waals surface area contributed by atoms with Gasteiger partial charge >= 0.3 is 12.2 Å². The van der Waals surface area contributed by atoms with Gasteiger partial charge in [0.15, 0.2) is 0 Å². The maximum Gasteiger partial charge on any atom is 0.407 e. The van der Waals surface area contributed by atoms with Crippen molar-refractivity contribution in [1.29, 1.82) is 0 Å². The van der Waals surface area contributed by atoms with Gasteiger partial charge < -0.3 is 25.4 Å². The third-order valence-corrected chi connectivity index (χ3v) is 3.66. The fourth-order valence-corrected chi connectivity index (χ4v) is 2.25. The van der Waals surface area contributed by atoms with Crippen molar-refractivity contribution in [3.8, 4) is 0 Å². The third kappa shape index (κ3) is 9.27. The largest absolute Gasteiger partial charge is 0.445 e. The highest BCUT2D eigenvalue weighted by Crippen LogP contribution is 2.01. The van der Waals surface area contributed by atoms with E-state index in [2.05, 4.69) is 10.6 Å². The molecule has 0 aliphatic heterocycles. The van der Waals surface area contributed by atoms with Gasteiger partial charge in [0.1, 0.15) is 13.2 Å². The molecule has 0 bridgehead atoms. The summed E-state index contributed by atoms with van der Waals surface area (Å²) in [6, 6.07) is 19.0. The number of quaternary nitrogens is 1.